The Bertz CT molecular complexity index is 1510. The summed E-state index contributed by atoms with van der Waals surface area (Å²) in [6.07, 6.45) is 7.92. The molecule has 10 nitrogen and oxygen atoms in total. The molecule has 2 aliphatic rings. The Morgan fingerprint density at radius 1 is 1.12 bits per heavy atom. The second-order valence-corrected chi connectivity index (χ2v) is 10.6. The van der Waals surface area contributed by atoms with E-state index in [0.717, 1.165) is 62.6 Å². The highest BCUT2D eigenvalue weighted by Gasteiger charge is 2.28. The van der Waals surface area contributed by atoms with E-state index in [-0.39, 0.29) is 11.9 Å². The number of carbonyl (C=O) groups excluding carboxylic acids is 1. The Kier molecular flexibility index (Phi) is 7.93. The fourth-order valence-electron chi connectivity index (χ4n) is 5.56. The summed E-state index contributed by atoms with van der Waals surface area (Å²) < 4.78 is 13.4. The number of para-hydroxylation sites is 1. The third-order valence-electron chi connectivity index (χ3n) is 7.86. The molecular formula is C31H35N7O3. The van der Waals surface area contributed by atoms with E-state index >= 15 is 0 Å². The minimum atomic E-state index is -0.0225. The zero-order chi connectivity index (χ0) is 28.2. The molecule has 0 unspecified atom stereocenters. The molecule has 1 amide bonds. The van der Waals surface area contributed by atoms with Gasteiger partial charge in [0.15, 0.2) is 5.65 Å². The molecule has 4 aromatic rings. The lowest BCUT2D eigenvalue weighted by Crippen LogP contribution is -2.40. The van der Waals surface area contributed by atoms with Crippen molar-refractivity contribution in [3.05, 3.63) is 73.1 Å². The van der Waals surface area contributed by atoms with E-state index in [9.17, 15) is 4.79 Å². The minimum Gasteiger partial charge on any atom is -0.457 e. The summed E-state index contributed by atoms with van der Waals surface area (Å²) in [7, 11) is 2.07. The molecule has 0 bridgehead atoms. The van der Waals surface area contributed by atoms with Crippen molar-refractivity contribution in [2.24, 2.45) is 0 Å². The molecule has 41 heavy (non-hydrogen) atoms. The standard InChI is InChI=1S/C31H35N7O3/c1-36(24-15-18-40-20-24)16-6-10-27(39)37-17-5-7-23(19-37)38-31-28(30(32)33-21-34-31)29(35-38)22-11-13-26(14-12-22)41-25-8-3-2-4-9-25/h2-4,6,8-14,21,23-24H,5,7,15-20H2,1H3,(H2,32,33,34)/b10-6+/t23-,24-/m1/s1. The number of hydrogen-bond donors (Lipinski definition) is 1. The first-order valence-corrected chi connectivity index (χ1v) is 14.1. The van der Waals surface area contributed by atoms with Gasteiger partial charge in [0, 0.05) is 43.9 Å². The van der Waals surface area contributed by atoms with Crippen LogP contribution in [0.25, 0.3) is 22.3 Å². The lowest BCUT2D eigenvalue weighted by Gasteiger charge is -2.32. The molecule has 212 valence electrons. The van der Waals surface area contributed by atoms with Crippen molar-refractivity contribution in [1.82, 2.24) is 29.5 Å². The van der Waals surface area contributed by atoms with E-state index in [4.69, 9.17) is 20.3 Å². The number of hydrogen-bond acceptors (Lipinski definition) is 8. The average molecular weight is 554 g/mol. The van der Waals surface area contributed by atoms with Crippen LogP contribution in [0.5, 0.6) is 11.5 Å². The molecule has 0 spiro atoms. The van der Waals surface area contributed by atoms with Gasteiger partial charge in [0.2, 0.25) is 5.91 Å². The number of rotatable bonds is 8. The Labute approximate surface area is 239 Å². The lowest BCUT2D eigenvalue weighted by molar-refractivity contribution is -0.127. The van der Waals surface area contributed by atoms with E-state index in [0.29, 0.717) is 35.1 Å². The third kappa shape index (κ3) is 5.94. The van der Waals surface area contributed by atoms with Gasteiger partial charge in [-0.2, -0.15) is 5.10 Å². The first-order valence-electron chi connectivity index (χ1n) is 14.1. The van der Waals surface area contributed by atoms with Crippen molar-refractivity contribution in [3.8, 4) is 22.8 Å². The first kappa shape index (κ1) is 26.9. The number of likely N-dealkylation sites (tertiary alicyclic amines) is 1. The second-order valence-electron chi connectivity index (χ2n) is 10.6. The SMILES string of the molecule is CN(C/C=C/C(=O)N1CCC[C@@H](n2nc(-c3ccc(Oc4ccccc4)cc3)c3c(N)ncnc32)C1)[C@@H]1CCOC1. The van der Waals surface area contributed by atoms with Crippen LogP contribution in [0.15, 0.2) is 73.1 Å². The van der Waals surface area contributed by atoms with Crippen molar-refractivity contribution in [2.45, 2.75) is 31.3 Å². The smallest absolute Gasteiger partial charge is 0.246 e. The maximum absolute atomic E-state index is 13.1. The van der Waals surface area contributed by atoms with Gasteiger partial charge in [-0.1, -0.05) is 24.3 Å². The van der Waals surface area contributed by atoms with Crippen LogP contribution in [0.3, 0.4) is 0 Å². The van der Waals surface area contributed by atoms with Crippen molar-refractivity contribution in [1.29, 1.82) is 0 Å². The highest BCUT2D eigenvalue weighted by molar-refractivity contribution is 5.98. The summed E-state index contributed by atoms with van der Waals surface area (Å²) >= 11 is 0. The van der Waals surface area contributed by atoms with Crippen LogP contribution in [-0.2, 0) is 9.53 Å². The number of nitrogens with two attached hydrogens (primary N) is 1. The van der Waals surface area contributed by atoms with Crippen molar-refractivity contribution in [2.75, 3.05) is 45.6 Å². The summed E-state index contributed by atoms with van der Waals surface area (Å²) in [6.45, 7) is 3.56. The summed E-state index contributed by atoms with van der Waals surface area (Å²) in [5, 5.41) is 5.71. The average Bonchev–Trinajstić information content (AvgIpc) is 3.68. The predicted molar refractivity (Wildman–Crippen MR) is 158 cm³/mol. The van der Waals surface area contributed by atoms with Gasteiger partial charge in [-0.25, -0.2) is 14.6 Å². The van der Waals surface area contributed by atoms with Crippen LogP contribution in [0.4, 0.5) is 5.82 Å². The van der Waals surface area contributed by atoms with Crippen LogP contribution >= 0.6 is 0 Å². The molecule has 4 heterocycles. The number of piperidine rings is 1. The Hall–Kier alpha value is -4.28. The van der Waals surface area contributed by atoms with Gasteiger partial charge in [-0.15, -0.1) is 0 Å². The second kappa shape index (κ2) is 12.1. The molecule has 2 aromatic carbocycles. The number of carbonyl (C=O) groups is 1. The Morgan fingerprint density at radius 2 is 1.93 bits per heavy atom. The molecule has 2 aliphatic heterocycles. The Balaban J connectivity index is 1.20. The number of benzene rings is 2. The van der Waals surface area contributed by atoms with Gasteiger partial charge in [0.25, 0.3) is 0 Å². The number of ether oxygens (including phenoxy) is 2. The number of nitrogen functional groups attached to an aromatic ring is 1. The molecular weight excluding hydrogens is 518 g/mol. The third-order valence-corrected chi connectivity index (χ3v) is 7.86. The van der Waals surface area contributed by atoms with E-state index in [2.05, 4.69) is 21.9 Å². The number of amides is 1. The fourth-order valence-corrected chi connectivity index (χ4v) is 5.56. The van der Waals surface area contributed by atoms with Crippen molar-refractivity contribution < 1.29 is 14.3 Å². The van der Waals surface area contributed by atoms with Gasteiger partial charge in [-0.3, -0.25) is 9.69 Å². The zero-order valence-corrected chi connectivity index (χ0v) is 23.2. The van der Waals surface area contributed by atoms with Crippen LogP contribution in [0, 0.1) is 0 Å². The number of fused-ring (bicyclic) bond motifs is 1. The largest absolute Gasteiger partial charge is 0.457 e. The van der Waals surface area contributed by atoms with E-state index in [1.54, 1.807) is 6.08 Å². The maximum Gasteiger partial charge on any atom is 0.246 e. The summed E-state index contributed by atoms with van der Waals surface area (Å²) in [6, 6.07) is 17.8. The number of nitrogens with zero attached hydrogens (tertiary/aromatic N) is 6. The summed E-state index contributed by atoms with van der Waals surface area (Å²) in [5.41, 5.74) is 8.63. The van der Waals surface area contributed by atoms with Gasteiger partial charge in [0.05, 0.1) is 18.0 Å². The van der Waals surface area contributed by atoms with Gasteiger partial charge >= 0.3 is 0 Å². The van der Waals surface area contributed by atoms with Crippen molar-refractivity contribution in [3.63, 3.8) is 0 Å². The van der Waals surface area contributed by atoms with Crippen LogP contribution < -0.4 is 10.5 Å². The molecule has 0 aliphatic carbocycles. The zero-order valence-electron chi connectivity index (χ0n) is 23.2. The molecule has 2 fully saturated rings. The van der Waals surface area contributed by atoms with Gasteiger partial charge in [0.1, 0.15) is 29.3 Å². The van der Waals surface area contributed by atoms with Crippen LogP contribution in [0.2, 0.25) is 0 Å². The molecule has 10 heteroatoms. The number of aromatic nitrogens is 4. The normalized spacial score (nSPS) is 19.4. The quantitative estimate of drug-likeness (QED) is 0.322. The molecule has 0 radical (unpaired) electrons. The molecule has 2 aromatic heterocycles. The lowest BCUT2D eigenvalue weighted by atomic mass is 10.1. The van der Waals surface area contributed by atoms with E-state index in [1.165, 1.54) is 6.33 Å². The number of likely N-dealkylation sites (N-methyl/N-ethyl adjacent to an activating group) is 1. The van der Waals surface area contributed by atoms with Crippen LogP contribution in [-0.4, -0.2) is 81.4 Å². The molecule has 0 saturated carbocycles. The van der Waals surface area contributed by atoms with E-state index < -0.39 is 0 Å². The van der Waals surface area contributed by atoms with Gasteiger partial charge < -0.3 is 20.1 Å². The summed E-state index contributed by atoms with van der Waals surface area (Å²) in [5.74, 6) is 1.90. The van der Waals surface area contributed by atoms with Crippen LogP contribution in [0.1, 0.15) is 25.3 Å². The van der Waals surface area contributed by atoms with Gasteiger partial charge in [-0.05, 0) is 62.7 Å². The first-order chi connectivity index (χ1) is 20.1. The molecule has 6 rings (SSSR count). The highest BCUT2D eigenvalue weighted by atomic mass is 16.5. The summed E-state index contributed by atoms with van der Waals surface area (Å²) in [4.78, 5) is 26.0. The minimum absolute atomic E-state index is 0.0191. The van der Waals surface area contributed by atoms with Crippen molar-refractivity contribution >= 4 is 22.8 Å². The molecule has 2 N–H and O–H groups in total. The van der Waals surface area contributed by atoms with E-state index in [1.807, 2.05) is 70.3 Å². The predicted octanol–water partition coefficient (Wildman–Crippen LogP) is 4.31. The number of anilines is 1. The monoisotopic (exact) mass is 553 g/mol. The Morgan fingerprint density at radius 3 is 2.71 bits per heavy atom. The highest BCUT2D eigenvalue weighted by Crippen LogP contribution is 2.35. The maximum atomic E-state index is 13.1. The molecule has 2 atom stereocenters. The fraction of sp³-hybridized carbons (Fsp3) is 0.355. The topological polar surface area (TPSA) is 112 Å². The molecule has 2 saturated heterocycles.